The molecule has 0 saturated heterocycles. The van der Waals surface area contributed by atoms with Crippen LogP contribution < -0.4 is 24.3 Å². The van der Waals surface area contributed by atoms with Gasteiger partial charge in [0, 0.05) is 11.1 Å². The number of carbonyl (C=O) groups is 2. The van der Waals surface area contributed by atoms with Gasteiger partial charge in [0.25, 0.3) is 5.91 Å². The lowest BCUT2D eigenvalue weighted by atomic mass is 10.1. The first-order chi connectivity index (χ1) is 17.6. The first kappa shape index (κ1) is 27.3. The highest BCUT2D eigenvalue weighted by Gasteiger charge is 2.31. The number of methoxy groups -OCH3 is 2. The molecular formula is C25H23F3N2O7. The average molecular weight is 520 g/mol. The number of alkyl halides is 3. The number of hydrogen-bond donors (Lipinski definition) is 2. The molecule has 2 aromatic carbocycles. The molecule has 0 atom stereocenters. The number of pyridine rings is 1. The van der Waals surface area contributed by atoms with E-state index in [0.717, 1.165) is 12.1 Å². The number of ketones is 1. The highest BCUT2D eigenvalue weighted by atomic mass is 19.4. The van der Waals surface area contributed by atoms with E-state index in [1.807, 2.05) is 0 Å². The number of aromatic nitrogens is 1. The number of benzene rings is 2. The van der Waals surface area contributed by atoms with E-state index in [1.165, 1.54) is 56.7 Å². The second-order valence-corrected chi connectivity index (χ2v) is 7.36. The highest BCUT2D eigenvalue weighted by molar-refractivity contribution is 6.01. The Bertz CT molecular complexity index is 1250. The summed E-state index contributed by atoms with van der Waals surface area (Å²) in [5.74, 6) is -0.549. The van der Waals surface area contributed by atoms with Crippen molar-refractivity contribution in [2.75, 3.05) is 34.0 Å². The van der Waals surface area contributed by atoms with Gasteiger partial charge < -0.3 is 29.4 Å². The third-order valence-corrected chi connectivity index (χ3v) is 4.91. The van der Waals surface area contributed by atoms with E-state index in [4.69, 9.17) is 19.3 Å². The minimum atomic E-state index is -4.82. The topological polar surface area (TPSA) is 116 Å². The maximum Gasteiger partial charge on any atom is 0.573 e. The summed E-state index contributed by atoms with van der Waals surface area (Å²) in [6, 6.07) is 12.3. The van der Waals surface area contributed by atoms with E-state index in [2.05, 4.69) is 15.0 Å². The Morgan fingerprint density at radius 1 is 0.946 bits per heavy atom. The number of aliphatic hydroxyl groups is 1. The first-order valence-electron chi connectivity index (χ1n) is 10.8. The summed E-state index contributed by atoms with van der Waals surface area (Å²) in [6.45, 7) is -0.508. The number of hydrogen-bond acceptors (Lipinski definition) is 8. The maximum absolute atomic E-state index is 12.7. The molecule has 1 heterocycles. The van der Waals surface area contributed by atoms with Gasteiger partial charge in [-0.3, -0.25) is 9.59 Å². The fourth-order valence-corrected chi connectivity index (χ4v) is 3.22. The van der Waals surface area contributed by atoms with Crippen LogP contribution in [0.15, 0.2) is 54.6 Å². The van der Waals surface area contributed by atoms with Crippen molar-refractivity contribution in [1.82, 2.24) is 10.3 Å². The van der Waals surface area contributed by atoms with Crippen LogP contribution in [-0.2, 0) is 0 Å². The molecule has 0 unspecified atom stereocenters. The molecule has 0 aliphatic carbocycles. The van der Waals surface area contributed by atoms with Crippen molar-refractivity contribution in [3.8, 4) is 34.3 Å². The third kappa shape index (κ3) is 7.34. The van der Waals surface area contributed by atoms with Gasteiger partial charge in [-0.05, 0) is 54.6 Å². The van der Waals surface area contributed by atoms with Crippen molar-refractivity contribution in [2.24, 2.45) is 0 Å². The fourth-order valence-electron chi connectivity index (χ4n) is 3.22. The van der Waals surface area contributed by atoms with Crippen LogP contribution in [0.1, 0.15) is 20.8 Å². The number of halogens is 3. The molecule has 3 aromatic rings. The molecule has 196 valence electrons. The quantitative estimate of drug-likeness (QED) is 0.368. The van der Waals surface area contributed by atoms with Crippen LogP contribution in [0.25, 0.3) is 11.3 Å². The van der Waals surface area contributed by atoms with Crippen LogP contribution in [0.4, 0.5) is 13.2 Å². The zero-order valence-corrected chi connectivity index (χ0v) is 19.8. The normalized spacial score (nSPS) is 11.0. The minimum Gasteiger partial charge on any atom is -0.494 e. The van der Waals surface area contributed by atoms with Gasteiger partial charge in [-0.1, -0.05) is 0 Å². The number of Topliss-reactive ketones (excluding diaryl/α,β-unsaturated/α-hetero) is 1. The van der Waals surface area contributed by atoms with Crippen molar-refractivity contribution in [3.63, 3.8) is 0 Å². The predicted molar refractivity (Wildman–Crippen MR) is 125 cm³/mol. The standard InChI is InChI=1S/C25H23F3N2O7/c1-34-21-10-8-18(30-23(21)15-3-6-17(7-4-15)37-25(26,27)28)19(32)14-29-24(33)16-5-9-20(36-12-11-31)22(13-16)35-2/h3-10,13,31H,11-12,14H2,1-2H3,(H,29,33). The average Bonchev–Trinajstić information content (AvgIpc) is 2.89. The van der Waals surface area contributed by atoms with Gasteiger partial charge >= 0.3 is 6.36 Å². The van der Waals surface area contributed by atoms with Crippen molar-refractivity contribution in [2.45, 2.75) is 6.36 Å². The van der Waals surface area contributed by atoms with Crippen LogP contribution in [0.3, 0.4) is 0 Å². The zero-order valence-electron chi connectivity index (χ0n) is 19.8. The summed E-state index contributed by atoms with van der Waals surface area (Å²) < 4.78 is 56.9. The van der Waals surface area contributed by atoms with Gasteiger partial charge in [-0.2, -0.15) is 0 Å². The van der Waals surface area contributed by atoms with Crippen molar-refractivity contribution >= 4 is 11.7 Å². The third-order valence-electron chi connectivity index (χ3n) is 4.91. The molecule has 0 aliphatic rings. The van der Waals surface area contributed by atoms with Crippen molar-refractivity contribution in [1.29, 1.82) is 0 Å². The molecular weight excluding hydrogens is 497 g/mol. The van der Waals surface area contributed by atoms with E-state index in [9.17, 15) is 22.8 Å². The van der Waals surface area contributed by atoms with Gasteiger partial charge in [-0.15, -0.1) is 13.2 Å². The van der Waals surface area contributed by atoms with Crippen LogP contribution in [0, 0.1) is 0 Å². The highest BCUT2D eigenvalue weighted by Crippen LogP contribution is 2.31. The molecule has 0 bridgehead atoms. The lowest BCUT2D eigenvalue weighted by molar-refractivity contribution is -0.274. The molecule has 1 amide bonds. The lowest BCUT2D eigenvalue weighted by Gasteiger charge is -2.12. The Morgan fingerprint density at radius 3 is 2.24 bits per heavy atom. The van der Waals surface area contributed by atoms with Gasteiger partial charge in [0.05, 0.1) is 27.4 Å². The van der Waals surface area contributed by atoms with E-state index >= 15 is 0 Å². The van der Waals surface area contributed by atoms with Crippen LogP contribution in [0.5, 0.6) is 23.0 Å². The number of rotatable bonds is 11. The summed E-state index contributed by atoms with van der Waals surface area (Å²) in [7, 11) is 2.79. The Kier molecular flexibility index (Phi) is 8.90. The molecule has 2 N–H and O–H groups in total. The molecule has 12 heteroatoms. The first-order valence-corrected chi connectivity index (χ1v) is 10.8. The molecule has 3 rings (SSSR count). The molecule has 0 saturated carbocycles. The number of nitrogens with one attached hydrogen (secondary N) is 1. The van der Waals surface area contributed by atoms with Crippen LogP contribution in [-0.4, -0.2) is 62.1 Å². The minimum absolute atomic E-state index is 0.0112. The Morgan fingerprint density at radius 2 is 1.62 bits per heavy atom. The Labute approximate surface area is 209 Å². The van der Waals surface area contributed by atoms with E-state index < -0.39 is 23.8 Å². The predicted octanol–water partition coefficient (Wildman–Crippen LogP) is 3.65. The lowest BCUT2D eigenvalue weighted by Crippen LogP contribution is -2.30. The van der Waals surface area contributed by atoms with Gasteiger partial charge in [0.2, 0.25) is 0 Å². The van der Waals surface area contributed by atoms with E-state index in [1.54, 1.807) is 0 Å². The Hall–Kier alpha value is -4.32. The molecule has 0 radical (unpaired) electrons. The van der Waals surface area contributed by atoms with Gasteiger partial charge in [-0.25, -0.2) is 4.98 Å². The van der Waals surface area contributed by atoms with Crippen LogP contribution >= 0.6 is 0 Å². The molecule has 0 spiro atoms. The molecule has 37 heavy (non-hydrogen) atoms. The summed E-state index contributed by atoms with van der Waals surface area (Å²) in [5, 5.41) is 11.4. The smallest absolute Gasteiger partial charge is 0.494 e. The zero-order chi connectivity index (χ0) is 27.0. The Balaban J connectivity index is 1.72. The molecule has 1 aromatic heterocycles. The number of amides is 1. The summed E-state index contributed by atoms with van der Waals surface area (Å²) in [5.41, 5.74) is 0.838. The number of aliphatic hydroxyl groups excluding tert-OH is 1. The summed E-state index contributed by atoms with van der Waals surface area (Å²) >= 11 is 0. The fraction of sp³-hybridized carbons (Fsp3) is 0.240. The maximum atomic E-state index is 12.7. The van der Waals surface area contributed by atoms with Crippen LogP contribution in [0.2, 0.25) is 0 Å². The monoisotopic (exact) mass is 520 g/mol. The van der Waals surface area contributed by atoms with Crippen molar-refractivity contribution < 1.29 is 46.8 Å². The molecule has 0 fully saturated rings. The second kappa shape index (κ2) is 12.1. The van der Waals surface area contributed by atoms with E-state index in [0.29, 0.717) is 17.1 Å². The van der Waals surface area contributed by atoms with E-state index in [-0.39, 0.29) is 42.5 Å². The largest absolute Gasteiger partial charge is 0.573 e. The number of carbonyl (C=O) groups excluding carboxylic acids is 2. The number of nitrogens with zero attached hydrogens (tertiary/aromatic N) is 1. The molecule has 9 nitrogen and oxygen atoms in total. The molecule has 0 aliphatic heterocycles. The SMILES string of the molecule is COc1cc(C(=O)NCC(=O)c2ccc(OC)c(-c3ccc(OC(F)(F)F)cc3)n2)ccc1OCCO. The van der Waals surface area contributed by atoms with Crippen molar-refractivity contribution in [3.05, 3.63) is 65.9 Å². The summed E-state index contributed by atoms with van der Waals surface area (Å²) in [6.07, 6.45) is -4.82. The van der Waals surface area contributed by atoms with Gasteiger partial charge in [0.1, 0.15) is 29.5 Å². The summed E-state index contributed by atoms with van der Waals surface area (Å²) in [4.78, 5) is 29.6. The van der Waals surface area contributed by atoms with Gasteiger partial charge in [0.15, 0.2) is 17.3 Å². The second-order valence-electron chi connectivity index (χ2n) is 7.36. The number of ether oxygens (including phenoxy) is 4.